The zero-order chi connectivity index (χ0) is 49.1. The van der Waals surface area contributed by atoms with Crippen LogP contribution in [0, 0.1) is 6.92 Å². The molecule has 4 aromatic rings. The molecule has 5 amide bonds. The Kier molecular flexibility index (Phi) is 17.4. The Balaban J connectivity index is 0.871. The number of benzene rings is 3. The first-order chi connectivity index (χ1) is 32.5. The fourth-order valence-corrected chi connectivity index (χ4v) is 9.34. The number of piperidine rings is 1. The minimum Gasteiger partial charge on any atom is -0.495 e. The van der Waals surface area contributed by atoms with E-state index < -0.39 is 45.1 Å². The van der Waals surface area contributed by atoms with Gasteiger partial charge in [-0.3, -0.25) is 34.2 Å². The molecule has 1 aromatic heterocycles. The van der Waals surface area contributed by atoms with Crippen molar-refractivity contribution in [1.29, 1.82) is 0 Å². The molecule has 3 heterocycles. The van der Waals surface area contributed by atoms with Crippen LogP contribution in [0.4, 0.5) is 23.1 Å². The zero-order valence-corrected chi connectivity index (χ0v) is 40.5. The van der Waals surface area contributed by atoms with Gasteiger partial charge in [0, 0.05) is 38.5 Å². The number of unbranched alkanes of at least 4 members (excludes halogenated alkanes) is 5. The van der Waals surface area contributed by atoms with Crippen LogP contribution in [0.3, 0.4) is 0 Å². The summed E-state index contributed by atoms with van der Waals surface area (Å²) >= 11 is 6.44. The van der Waals surface area contributed by atoms with E-state index in [1.807, 2.05) is 19.1 Å². The van der Waals surface area contributed by atoms with E-state index in [1.54, 1.807) is 63.2 Å². The second kappa shape index (κ2) is 23.1. The highest BCUT2D eigenvalue weighted by molar-refractivity contribution is 7.92. The van der Waals surface area contributed by atoms with Crippen molar-refractivity contribution in [3.8, 4) is 11.5 Å². The van der Waals surface area contributed by atoms with Crippen molar-refractivity contribution in [3.05, 3.63) is 88.1 Å². The molecule has 2 aliphatic heterocycles. The van der Waals surface area contributed by atoms with Crippen molar-refractivity contribution in [2.24, 2.45) is 0 Å². The van der Waals surface area contributed by atoms with Gasteiger partial charge < -0.3 is 35.4 Å². The highest BCUT2D eigenvalue weighted by Crippen LogP contribution is 2.40. The van der Waals surface area contributed by atoms with Gasteiger partial charge in [0.25, 0.3) is 11.8 Å². The summed E-state index contributed by atoms with van der Waals surface area (Å²) in [4.78, 5) is 74.7. The summed E-state index contributed by atoms with van der Waals surface area (Å²) in [5, 5.41) is 21.7. The number of hydrogen-bond acceptors (Lipinski definition) is 14. The molecule has 5 N–H and O–H groups in total. The third-order valence-electron chi connectivity index (χ3n) is 12.0. The second-order valence-corrected chi connectivity index (χ2v) is 19.9. The number of aliphatic hydroxyl groups excluding tert-OH is 1. The van der Waals surface area contributed by atoms with Gasteiger partial charge in [-0.05, 0) is 87.9 Å². The van der Waals surface area contributed by atoms with E-state index in [2.05, 4.69) is 31.2 Å². The number of fused-ring (bicyclic) bond motifs is 1. The quantitative estimate of drug-likeness (QED) is 0.0406. The van der Waals surface area contributed by atoms with Crippen LogP contribution in [0.1, 0.15) is 105 Å². The van der Waals surface area contributed by atoms with Crippen LogP contribution < -0.4 is 30.7 Å². The van der Waals surface area contributed by atoms with E-state index in [4.69, 9.17) is 21.1 Å². The summed E-state index contributed by atoms with van der Waals surface area (Å²) in [6.45, 7) is 5.85. The maximum atomic E-state index is 13.3. The van der Waals surface area contributed by atoms with Crippen LogP contribution in [-0.4, -0.2) is 108 Å². The van der Waals surface area contributed by atoms with Gasteiger partial charge >= 0.3 is 0 Å². The van der Waals surface area contributed by atoms with Gasteiger partial charge in [-0.15, -0.1) is 0 Å². The Bertz CT molecular complexity index is 2630. The number of rotatable bonds is 23. The Labute approximate surface area is 401 Å². The Morgan fingerprint density at radius 3 is 2.46 bits per heavy atom. The molecule has 1 fully saturated rings. The molecule has 6 rings (SSSR count). The molecule has 0 saturated carbocycles. The number of para-hydroxylation sites is 1. The van der Waals surface area contributed by atoms with Crippen molar-refractivity contribution in [1.82, 2.24) is 30.4 Å². The number of carbonyl (C=O) groups is 5. The van der Waals surface area contributed by atoms with E-state index in [-0.39, 0.29) is 69.8 Å². The van der Waals surface area contributed by atoms with E-state index in [9.17, 15) is 37.5 Å². The maximum absolute atomic E-state index is 13.3. The number of imide groups is 1. The molecule has 0 bridgehead atoms. The molecule has 0 spiro atoms. The van der Waals surface area contributed by atoms with Crippen molar-refractivity contribution < 1.29 is 47.0 Å². The third-order valence-corrected chi connectivity index (χ3v) is 14.4. The summed E-state index contributed by atoms with van der Waals surface area (Å²) in [7, 11) is -0.226. The number of amides is 5. The highest BCUT2D eigenvalue weighted by Gasteiger charge is 2.45. The number of hydrogen-bond donors (Lipinski definition) is 5. The number of carbonyl (C=O) groups excluding carboxylic acids is 5. The lowest BCUT2D eigenvalue weighted by Crippen LogP contribution is -2.53. The number of aliphatic hydroxyl groups is 1. The fraction of sp³-hybridized carbons (Fsp3) is 0.438. The molecule has 18 nitrogen and oxygen atoms in total. The lowest BCUT2D eigenvalue weighted by atomic mass is 10.0. The first-order valence-corrected chi connectivity index (χ1v) is 24.6. The number of sulfone groups is 1. The lowest BCUT2D eigenvalue weighted by molar-refractivity contribution is -0.139. The van der Waals surface area contributed by atoms with Crippen molar-refractivity contribution in [3.63, 3.8) is 0 Å². The first kappa shape index (κ1) is 51.1. The molecule has 364 valence electrons. The number of likely N-dealkylation sites (N-methyl/N-ethyl adjacent to an activating group) is 1. The summed E-state index contributed by atoms with van der Waals surface area (Å²) in [5.74, 6) is -0.877. The molecular weight excluding hydrogens is 916 g/mol. The van der Waals surface area contributed by atoms with Crippen LogP contribution in [0.25, 0.3) is 0 Å². The molecular formula is C48H59ClN8O10S. The summed E-state index contributed by atoms with van der Waals surface area (Å²) < 4.78 is 37.4. The van der Waals surface area contributed by atoms with E-state index in [1.165, 1.54) is 18.3 Å². The van der Waals surface area contributed by atoms with E-state index in [0.29, 0.717) is 43.1 Å². The summed E-state index contributed by atoms with van der Waals surface area (Å²) in [5.41, 5.74) is 3.28. The number of ether oxygens (including phenoxy) is 2. The minimum atomic E-state index is -3.59. The number of halogens is 1. The largest absolute Gasteiger partial charge is 0.495 e. The number of aromatic nitrogens is 2. The van der Waals surface area contributed by atoms with Crippen molar-refractivity contribution >= 4 is 74.1 Å². The number of anilines is 4. The minimum absolute atomic E-state index is 0.0487. The third kappa shape index (κ3) is 12.4. The van der Waals surface area contributed by atoms with Gasteiger partial charge in [0.05, 0.1) is 40.4 Å². The van der Waals surface area contributed by atoms with Crippen LogP contribution in [-0.2, 0) is 35.4 Å². The van der Waals surface area contributed by atoms with Gasteiger partial charge in [0.15, 0.2) is 28.5 Å². The number of nitrogens with zero attached hydrogens (tertiary/aromatic N) is 4. The number of aryl methyl sites for hydroxylation is 1. The first-order valence-electron chi connectivity index (χ1n) is 22.7. The molecule has 20 heteroatoms. The van der Waals surface area contributed by atoms with Gasteiger partial charge in [0.2, 0.25) is 23.7 Å². The molecule has 2 atom stereocenters. The Morgan fingerprint density at radius 1 is 0.985 bits per heavy atom. The average Bonchev–Trinajstić information content (AvgIpc) is 3.56. The van der Waals surface area contributed by atoms with E-state index >= 15 is 0 Å². The molecule has 0 radical (unpaired) electrons. The lowest BCUT2D eigenvalue weighted by Gasteiger charge is -2.31. The van der Waals surface area contributed by atoms with Crippen molar-refractivity contribution in [2.75, 3.05) is 44.5 Å². The summed E-state index contributed by atoms with van der Waals surface area (Å²) in [6.07, 6.45) is 6.48. The van der Waals surface area contributed by atoms with Crippen molar-refractivity contribution in [2.45, 2.75) is 107 Å². The second-order valence-electron chi connectivity index (χ2n) is 17.1. The standard InChI is InChI=1S/C48H59ClN8O10S/c1-29(2)68(64,65)39-18-12-11-16-34(39)52-44-33(49)27-51-48(55-44)53-35-25-30(3)31(26-38(35)66-5)22-24-56(4)42(60)19-10-8-6-7-9-13-23-50-41(59)28-67-37-17-14-15-32-43(37)47(63)57(46(32)62)36-20-21-40(58)54-45(36)61/h11-12,14-18,25-27,29,36,46,62H,6-10,13,19-24,28H2,1-5H3,(H,50,59)(H,54,58,61)(H2,51,52,53,55). The summed E-state index contributed by atoms with van der Waals surface area (Å²) in [6, 6.07) is 14.1. The average molecular weight is 976 g/mol. The molecule has 2 aliphatic rings. The Hall–Kier alpha value is -6.31. The van der Waals surface area contributed by atoms with Gasteiger partial charge in [-0.2, -0.15) is 4.98 Å². The number of methoxy groups -OCH3 is 1. The maximum Gasteiger partial charge on any atom is 0.261 e. The molecule has 68 heavy (non-hydrogen) atoms. The molecule has 2 unspecified atom stereocenters. The monoisotopic (exact) mass is 974 g/mol. The van der Waals surface area contributed by atoms with Crippen LogP contribution in [0.15, 0.2) is 65.7 Å². The smallest absolute Gasteiger partial charge is 0.261 e. The van der Waals surface area contributed by atoms with Gasteiger partial charge in [-0.1, -0.05) is 61.5 Å². The topological polar surface area (TPSA) is 239 Å². The Morgan fingerprint density at radius 2 is 1.72 bits per heavy atom. The normalized spacial score (nSPS) is 15.8. The SMILES string of the molecule is COc1cc(CCN(C)C(=O)CCCCCCCCNC(=O)COc2cccc3c2C(=O)N(C2CCC(=O)NC2=O)C3O)c(C)cc1Nc1ncc(Cl)c(Nc2ccccc2S(=O)(=O)C(C)C)n1. The van der Waals surface area contributed by atoms with Crippen LogP contribution in [0.5, 0.6) is 11.5 Å². The highest BCUT2D eigenvalue weighted by atomic mass is 35.5. The molecule has 0 aliphatic carbocycles. The van der Waals surface area contributed by atoms with E-state index in [0.717, 1.165) is 54.6 Å². The predicted octanol–water partition coefficient (Wildman–Crippen LogP) is 6.30. The van der Waals surface area contributed by atoms with Crippen LogP contribution in [0.2, 0.25) is 5.02 Å². The zero-order valence-electron chi connectivity index (χ0n) is 38.9. The fourth-order valence-electron chi connectivity index (χ4n) is 8.00. The predicted molar refractivity (Wildman–Crippen MR) is 256 cm³/mol. The van der Waals surface area contributed by atoms with Crippen LogP contribution >= 0.6 is 11.6 Å². The number of nitrogens with one attached hydrogen (secondary N) is 4. The van der Waals surface area contributed by atoms with Gasteiger partial charge in [0.1, 0.15) is 22.6 Å². The molecule has 1 saturated heterocycles. The molecule has 3 aromatic carbocycles. The van der Waals surface area contributed by atoms with Gasteiger partial charge in [-0.25, -0.2) is 13.4 Å².